The zero-order valence-corrected chi connectivity index (χ0v) is 14.5. The van der Waals surface area contributed by atoms with E-state index in [4.69, 9.17) is 5.73 Å². The van der Waals surface area contributed by atoms with Crippen molar-refractivity contribution in [2.24, 2.45) is 11.7 Å². The third kappa shape index (κ3) is 3.56. The lowest BCUT2D eigenvalue weighted by Gasteiger charge is -2.32. The maximum atomic E-state index is 6.17. The Morgan fingerprint density at radius 2 is 2.15 bits per heavy atom. The molecule has 20 heavy (non-hydrogen) atoms. The number of halogens is 1. The van der Waals surface area contributed by atoms with Crippen LogP contribution in [-0.2, 0) is 6.42 Å². The molecule has 0 bridgehead atoms. The molecule has 1 saturated heterocycles. The fraction of sp³-hybridized carbons (Fsp3) is 0.647. The highest BCUT2D eigenvalue weighted by Crippen LogP contribution is 2.34. The maximum Gasteiger partial charge on any atom is 0.0413 e. The van der Waals surface area contributed by atoms with Gasteiger partial charge in [-0.3, -0.25) is 0 Å². The van der Waals surface area contributed by atoms with Gasteiger partial charge in [-0.25, -0.2) is 0 Å². The van der Waals surface area contributed by atoms with Gasteiger partial charge in [-0.1, -0.05) is 42.8 Å². The first kappa shape index (κ1) is 15.8. The Bertz CT molecular complexity index is 445. The van der Waals surface area contributed by atoms with Crippen LogP contribution in [0.5, 0.6) is 0 Å². The van der Waals surface area contributed by atoms with Crippen molar-refractivity contribution in [3.8, 4) is 0 Å². The third-order valence-electron chi connectivity index (χ3n) is 4.43. The Kier molecular flexibility index (Phi) is 5.50. The fourth-order valence-corrected chi connectivity index (χ4v) is 3.54. The van der Waals surface area contributed by atoms with Crippen molar-refractivity contribution in [1.29, 1.82) is 0 Å². The second kappa shape index (κ2) is 6.95. The number of anilines is 1. The van der Waals surface area contributed by atoms with E-state index in [1.807, 2.05) is 0 Å². The molecule has 0 amide bonds. The van der Waals surface area contributed by atoms with Gasteiger partial charge >= 0.3 is 0 Å². The van der Waals surface area contributed by atoms with Gasteiger partial charge in [0.1, 0.15) is 0 Å². The van der Waals surface area contributed by atoms with E-state index in [9.17, 15) is 0 Å². The van der Waals surface area contributed by atoms with Crippen molar-refractivity contribution in [2.45, 2.75) is 58.5 Å². The van der Waals surface area contributed by atoms with Crippen molar-refractivity contribution in [3.63, 3.8) is 0 Å². The van der Waals surface area contributed by atoms with E-state index in [1.54, 1.807) is 0 Å². The molecule has 0 saturated carbocycles. The van der Waals surface area contributed by atoms with Gasteiger partial charge in [-0.2, -0.15) is 0 Å². The van der Waals surface area contributed by atoms with Crippen LogP contribution in [-0.4, -0.2) is 18.6 Å². The van der Waals surface area contributed by atoms with Crippen LogP contribution < -0.4 is 10.6 Å². The summed E-state index contributed by atoms with van der Waals surface area (Å²) in [6.45, 7) is 8.00. The highest BCUT2D eigenvalue weighted by atomic mass is 79.9. The number of nitrogens with two attached hydrogens (primary N) is 1. The number of hydrogen-bond acceptors (Lipinski definition) is 2. The first-order valence-corrected chi connectivity index (χ1v) is 8.62. The van der Waals surface area contributed by atoms with Crippen LogP contribution in [0.3, 0.4) is 0 Å². The molecule has 112 valence electrons. The first-order chi connectivity index (χ1) is 9.52. The average molecular weight is 339 g/mol. The van der Waals surface area contributed by atoms with Crippen molar-refractivity contribution >= 4 is 21.6 Å². The molecule has 2 rings (SSSR count). The molecule has 3 heteroatoms. The van der Waals surface area contributed by atoms with Gasteiger partial charge in [-0.05, 0) is 49.3 Å². The highest BCUT2D eigenvalue weighted by Gasteiger charge is 2.28. The predicted molar refractivity (Wildman–Crippen MR) is 91.3 cm³/mol. The van der Waals surface area contributed by atoms with E-state index < -0.39 is 0 Å². The standard InChI is InChI=1S/C17H27BrN2/c1-4-15(19)10-13-7-8-14(18)11-17(13)20-9-5-6-16(20)12(2)3/h7-8,11-12,15-16H,4-6,9-10,19H2,1-3H3. The van der Waals surface area contributed by atoms with Gasteiger partial charge in [0, 0.05) is 28.8 Å². The zero-order chi connectivity index (χ0) is 14.7. The molecular formula is C17H27BrN2. The van der Waals surface area contributed by atoms with Gasteiger partial charge < -0.3 is 10.6 Å². The summed E-state index contributed by atoms with van der Waals surface area (Å²) in [5.41, 5.74) is 8.96. The van der Waals surface area contributed by atoms with E-state index in [-0.39, 0.29) is 6.04 Å². The summed E-state index contributed by atoms with van der Waals surface area (Å²) in [4.78, 5) is 2.60. The number of nitrogens with zero attached hydrogens (tertiary/aromatic N) is 1. The molecule has 0 aromatic heterocycles. The summed E-state index contributed by atoms with van der Waals surface area (Å²) in [6.07, 6.45) is 4.61. The molecule has 0 spiro atoms. The van der Waals surface area contributed by atoms with Crippen LogP contribution in [0.4, 0.5) is 5.69 Å². The summed E-state index contributed by atoms with van der Waals surface area (Å²) in [5, 5.41) is 0. The van der Waals surface area contributed by atoms with Crippen molar-refractivity contribution in [3.05, 3.63) is 28.2 Å². The van der Waals surface area contributed by atoms with Crippen LogP contribution in [0.25, 0.3) is 0 Å². The molecule has 1 heterocycles. The van der Waals surface area contributed by atoms with E-state index >= 15 is 0 Å². The first-order valence-electron chi connectivity index (χ1n) is 7.83. The molecule has 0 aliphatic carbocycles. The Balaban J connectivity index is 2.31. The van der Waals surface area contributed by atoms with E-state index in [2.05, 4.69) is 59.8 Å². The SMILES string of the molecule is CCC(N)Cc1ccc(Br)cc1N1CCCC1C(C)C. The van der Waals surface area contributed by atoms with E-state index in [1.165, 1.54) is 30.6 Å². The van der Waals surface area contributed by atoms with Crippen LogP contribution in [0.15, 0.2) is 22.7 Å². The molecule has 1 fully saturated rings. The minimum Gasteiger partial charge on any atom is -0.368 e. The second-order valence-corrected chi connectivity index (χ2v) is 7.21. The van der Waals surface area contributed by atoms with Gasteiger partial charge in [-0.15, -0.1) is 0 Å². The summed E-state index contributed by atoms with van der Waals surface area (Å²) in [5.74, 6) is 0.698. The fourth-order valence-electron chi connectivity index (χ4n) is 3.19. The van der Waals surface area contributed by atoms with Gasteiger partial charge in [0.05, 0.1) is 0 Å². The lowest BCUT2D eigenvalue weighted by molar-refractivity contribution is 0.490. The lowest BCUT2D eigenvalue weighted by atomic mass is 9.98. The summed E-state index contributed by atoms with van der Waals surface area (Å²) < 4.78 is 1.16. The Morgan fingerprint density at radius 1 is 1.40 bits per heavy atom. The average Bonchev–Trinajstić information content (AvgIpc) is 2.90. The number of benzene rings is 1. The van der Waals surface area contributed by atoms with Crippen LogP contribution >= 0.6 is 15.9 Å². The summed E-state index contributed by atoms with van der Waals surface area (Å²) in [6, 6.07) is 7.58. The minimum absolute atomic E-state index is 0.259. The second-order valence-electron chi connectivity index (χ2n) is 6.29. The van der Waals surface area contributed by atoms with E-state index in [0.29, 0.717) is 12.0 Å². The third-order valence-corrected chi connectivity index (χ3v) is 4.93. The largest absolute Gasteiger partial charge is 0.368 e. The Labute approximate surface area is 131 Å². The molecule has 1 aromatic carbocycles. The molecule has 0 radical (unpaired) electrons. The quantitative estimate of drug-likeness (QED) is 0.864. The van der Waals surface area contributed by atoms with Gasteiger partial charge in [0.15, 0.2) is 0 Å². The molecule has 1 aliphatic rings. The van der Waals surface area contributed by atoms with Crippen LogP contribution in [0, 0.1) is 5.92 Å². The van der Waals surface area contributed by atoms with Gasteiger partial charge in [0.2, 0.25) is 0 Å². The highest BCUT2D eigenvalue weighted by molar-refractivity contribution is 9.10. The minimum atomic E-state index is 0.259. The molecule has 2 atom stereocenters. The Hall–Kier alpha value is -0.540. The van der Waals surface area contributed by atoms with Crippen LogP contribution in [0.1, 0.15) is 45.6 Å². The van der Waals surface area contributed by atoms with E-state index in [0.717, 1.165) is 17.3 Å². The predicted octanol–water partition coefficient (Wildman–Crippen LogP) is 4.35. The topological polar surface area (TPSA) is 29.3 Å². The van der Waals surface area contributed by atoms with Crippen LogP contribution in [0.2, 0.25) is 0 Å². The number of rotatable bonds is 5. The molecule has 2 unspecified atom stereocenters. The summed E-state index contributed by atoms with van der Waals surface area (Å²) in [7, 11) is 0. The number of hydrogen-bond donors (Lipinski definition) is 1. The zero-order valence-electron chi connectivity index (χ0n) is 12.9. The molecule has 1 aliphatic heterocycles. The summed E-state index contributed by atoms with van der Waals surface area (Å²) >= 11 is 3.63. The molecular weight excluding hydrogens is 312 g/mol. The van der Waals surface area contributed by atoms with Gasteiger partial charge in [0.25, 0.3) is 0 Å². The molecule has 2 nitrogen and oxygen atoms in total. The smallest absolute Gasteiger partial charge is 0.0413 e. The normalized spacial score (nSPS) is 20.7. The van der Waals surface area contributed by atoms with Crippen molar-refractivity contribution in [1.82, 2.24) is 0 Å². The molecule has 2 N–H and O–H groups in total. The van der Waals surface area contributed by atoms with Crippen molar-refractivity contribution < 1.29 is 0 Å². The lowest BCUT2D eigenvalue weighted by Crippen LogP contribution is -2.34. The monoisotopic (exact) mass is 338 g/mol. The maximum absolute atomic E-state index is 6.17. The molecule has 1 aromatic rings. The Morgan fingerprint density at radius 3 is 2.80 bits per heavy atom. The van der Waals surface area contributed by atoms with Crippen molar-refractivity contribution in [2.75, 3.05) is 11.4 Å².